The molecule has 2 amide bonds. The Morgan fingerprint density at radius 3 is 2.66 bits per heavy atom. The molecule has 0 bridgehead atoms. The van der Waals surface area contributed by atoms with E-state index in [4.69, 9.17) is 14.3 Å². The summed E-state index contributed by atoms with van der Waals surface area (Å²) in [6, 6.07) is 20.8. The minimum atomic E-state index is -0.585. The van der Waals surface area contributed by atoms with Gasteiger partial charge in [-0.15, -0.1) is 0 Å². The minimum absolute atomic E-state index is 0.0532. The van der Waals surface area contributed by atoms with Crippen LogP contribution in [0.1, 0.15) is 35.8 Å². The average Bonchev–Trinajstić information content (AvgIpc) is 3.64. The van der Waals surface area contributed by atoms with Crippen molar-refractivity contribution in [2.45, 2.75) is 30.7 Å². The zero-order chi connectivity index (χ0) is 24.2. The van der Waals surface area contributed by atoms with Gasteiger partial charge in [-0.05, 0) is 47.5 Å². The number of nitrogens with one attached hydrogen (secondary N) is 1. The summed E-state index contributed by atoms with van der Waals surface area (Å²) in [5, 5.41) is 9.31. The molecule has 2 aliphatic heterocycles. The van der Waals surface area contributed by atoms with Crippen LogP contribution in [0.5, 0.6) is 5.75 Å². The number of carbonyl (C=O) groups excluding carboxylic acids is 2. The van der Waals surface area contributed by atoms with Crippen LogP contribution in [-0.2, 0) is 16.1 Å². The highest BCUT2D eigenvalue weighted by atomic mass is 32.2. The van der Waals surface area contributed by atoms with E-state index < -0.39 is 5.25 Å². The van der Waals surface area contributed by atoms with Gasteiger partial charge >= 0.3 is 0 Å². The van der Waals surface area contributed by atoms with Crippen molar-refractivity contribution in [2.75, 3.05) is 7.11 Å². The van der Waals surface area contributed by atoms with E-state index in [1.807, 2.05) is 66.7 Å². The Kier molecular flexibility index (Phi) is 6.67. The van der Waals surface area contributed by atoms with E-state index in [2.05, 4.69) is 10.3 Å². The molecule has 8 nitrogen and oxygen atoms in total. The molecule has 1 N–H and O–H groups in total. The third-order valence-electron chi connectivity index (χ3n) is 5.83. The van der Waals surface area contributed by atoms with Crippen molar-refractivity contribution in [3.63, 3.8) is 0 Å². The molecule has 3 aromatic rings. The summed E-state index contributed by atoms with van der Waals surface area (Å²) >= 11 is 1.27. The van der Waals surface area contributed by atoms with Gasteiger partial charge in [0.2, 0.25) is 5.91 Å². The molecular weight excluding hydrogens is 464 g/mol. The largest absolute Gasteiger partial charge is 0.497 e. The van der Waals surface area contributed by atoms with Crippen LogP contribution in [0.25, 0.3) is 0 Å². The first kappa shape index (κ1) is 22.9. The molecular formula is C26H24N4O4S. The predicted molar refractivity (Wildman–Crippen MR) is 134 cm³/mol. The SMILES string of the molecule is COc1ccc(C2=NN(C3=NC(=O)C(CC(=O)NCc4ccccc4)S3)C(c3ccco3)C2)cc1. The van der Waals surface area contributed by atoms with Crippen LogP contribution in [-0.4, -0.2) is 40.1 Å². The molecule has 0 radical (unpaired) electrons. The van der Waals surface area contributed by atoms with E-state index in [0.717, 1.165) is 28.3 Å². The third-order valence-corrected chi connectivity index (χ3v) is 6.98. The van der Waals surface area contributed by atoms with Gasteiger partial charge in [-0.3, -0.25) is 9.59 Å². The molecule has 178 valence electrons. The number of hydrogen-bond acceptors (Lipinski definition) is 7. The normalized spacial score (nSPS) is 19.5. The maximum absolute atomic E-state index is 12.7. The van der Waals surface area contributed by atoms with E-state index in [1.54, 1.807) is 18.4 Å². The number of benzene rings is 2. The maximum atomic E-state index is 12.7. The predicted octanol–water partition coefficient (Wildman–Crippen LogP) is 4.14. The van der Waals surface area contributed by atoms with Crippen molar-refractivity contribution in [1.29, 1.82) is 0 Å². The molecule has 2 aliphatic rings. The zero-order valence-electron chi connectivity index (χ0n) is 19.1. The maximum Gasteiger partial charge on any atom is 0.262 e. The highest BCUT2D eigenvalue weighted by Crippen LogP contribution is 2.38. The van der Waals surface area contributed by atoms with Crippen LogP contribution in [0.15, 0.2) is 87.5 Å². The number of hydrazone groups is 1. The first-order valence-corrected chi connectivity index (χ1v) is 12.1. The van der Waals surface area contributed by atoms with Crippen LogP contribution < -0.4 is 10.1 Å². The van der Waals surface area contributed by atoms with E-state index in [9.17, 15) is 9.59 Å². The second-order valence-electron chi connectivity index (χ2n) is 8.16. The highest BCUT2D eigenvalue weighted by molar-refractivity contribution is 8.15. The standard InChI is InChI=1S/C26H24N4O4S/c1-33-19-11-9-18(10-12-19)20-14-21(22-8-5-13-34-22)30(29-20)26-28-25(32)23(35-26)15-24(31)27-16-17-6-3-2-4-7-17/h2-13,21,23H,14-16H2,1H3,(H,27,31). The fraction of sp³-hybridized carbons (Fsp3) is 0.231. The van der Waals surface area contributed by atoms with Crippen LogP contribution in [0.4, 0.5) is 0 Å². The molecule has 0 saturated heterocycles. The summed E-state index contributed by atoms with van der Waals surface area (Å²) in [5.74, 6) is 0.979. The fourth-order valence-corrected chi connectivity index (χ4v) is 5.05. The summed E-state index contributed by atoms with van der Waals surface area (Å²) in [6.07, 6.45) is 2.26. The smallest absolute Gasteiger partial charge is 0.262 e. The number of carbonyl (C=O) groups is 2. The van der Waals surface area contributed by atoms with Gasteiger partial charge < -0.3 is 14.5 Å². The van der Waals surface area contributed by atoms with Gasteiger partial charge in [0.25, 0.3) is 5.91 Å². The summed E-state index contributed by atoms with van der Waals surface area (Å²) in [6.45, 7) is 0.418. The van der Waals surface area contributed by atoms with Crippen LogP contribution in [0, 0.1) is 0 Å². The van der Waals surface area contributed by atoms with Crippen LogP contribution in [0.2, 0.25) is 0 Å². The molecule has 0 fully saturated rings. The topological polar surface area (TPSA) is 96.5 Å². The van der Waals surface area contributed by atoms with Crippen molar-refractivity contribution in [1.82, 2.24) is 10.3 Å². The molecule has 0 aliphatic carbocycles. The van der Waals surface area contributed by atoms with Gasteiger partial charge in [0, 0.05) is 19.4 Å². The molecule has 2 unspecified atom stereocenters. The number of methoxy groups -OCH3 is 1. The summed E-state index contributed by atoms with van der Waals surface area (Å²) in [7, 11) is 1.63. The number of nitrogens with zero attached hydrogens (tertiary/aromatic N) is 3. The van der Waals surface area contributed by atoms with Gasteiger partial charge in [-0.2, -0.15) is 10.1 Å². The van der Waals surface area contributed by atoms with Gasteiger partial charge in [0.1, 0.15) is 22.8 Å². The number of amides is 2. The summed E-state index contributed by atoms with van der Waals surface area (Å²) < 4.78 is 10.9. The van der Waals surface area contributed by atoms with Crippen molar-refractivity contribution in [2.24, 2.45) is 10.1 Å². The van der Waals surface area contributed by atoms with Gasteiger partial charge in [-0.1, -0.05) is 42.1 Å². The third kappa shape index (κ3) is 5.14. The number of hydrogen-bond donors (Lipinski definition) is 1. The molecule has 9 heteroatoms. The lowest BCUT2D eigenvalue weighted by Gasteiger charge is -2.20. The van der Waals surface area contributed by atoms with Crippen molar-refractivity contribution in [3.8, 4) is 5.75 Å². The van der Waals surface area contributed by atoms with E-state index in [-0.39, 0.29) is 24.3 Å². The molecule has 0 spiro atoms. The molecule has 1 aromatic heterocycles. The molecule has 0 saturated carbocycles. The lowest BCUT2D eigenvalue weighted by Crippen LogP contribution is -2.28. The Hall–Kier alpha value is -3.85. The first-order chi connectivity index (χ1) is 17.1. The Labute approximate surface area is 207 Å². The summed E-state index contributed by atoms with van der Waals surface area (Å²) in [4.78, 5) is 29.4. The van der Waals surface area contributed by atoms with E-state index in [0.29, 0.717) is 18.1 Å². The molecule has 2 atom stereocenters. The Bertz CT molecular complexity index is 1260. The molecule has 3 heterocycles. The number of furan rings is 1. The van der Waals surface area contributed by atoms with Crippen molar-refractivity contribution >= 4 is 34.5 Å². The Balaban J connectivity index is 1.29. The lowest BCUT2D eigenvalue weighted by atomic mass is 10.0. The number of amidine groups is 1. The molecule has 2 aromatic carbocycles. The number of rotatable bonds is 7. The van der Waals surface area contributed by atoms with Gasteiger partial charge in [0.05, 0.1) is 19.1 Å². The fourth-order valence-electron chi connectivity index (χ4n) is 3.99. The van der Waals surface area contributed by atoms with Gasteiger partial charge in [0.15, 0.2) is 5.17 Å². The van der Waals surface area contributed by atoms with Crippen LogP contribution in [0.3, 0.4) is 0 Å². The first-order valence-electron chi connectivity index (χ1n) is 11.2. The molecule has 5 rings (SSSR count). The number of ether oxygens (including phenoxy) is 1. The number of thioether (sulfide) groups is 1. The second kappa shape index (κ2) is 10.2. The zero-order valence-corrected chi connectivity index (χ0v) is 19.9. The second-order valence-corrected chi connectivity index (χ2v) is 9.33. The molecule has 35 heavy (non-hydrogen) atoms. The Morgan fingerprint density at radius 1 is 1.14 bits per heavy atom. The summed E-state index contributed by atoms with van der Waals surface area (Å²) in [5.41, 5.74) is 2.81. The average molecular weight is 489 g/mol. The van der Waals surface area contributed by atoms with Crippen molar-refractivity contribution < 1.29 is 18.7 Å². The van der Waals surface area contributed by atoms with Crippen molar-refractivity contribution in [3.05, 3.63) is 89.9 Å². The van der Waals surface area contributed by atoms with Crippen LogP contribution >= 0.6 is 11.8 Å². The Morgan fingerprint density at radius 2 is 1.94 bits per heavy atom. The van der Waals surface area contributed by atoms with E-state index in [1.165, 1.54) is 11.8 Å². The number of aliphatic imine (C=N–C) groups is 1. The lowest BCUT2D eigenvalue weighted by molar-refractivity contribution is -0.124. The monoisotopic (exact) mass is 488 g/mol. The highest BCUT2D eigenvalue weighted by Gasteiger charge is 2.40. The van der Waals surface area contributed by atoms with E-state index >= 15 is 0 Å². The van der Waals surface area contributed by atoms with Gasteiger partial charge in [-0.25, -0.2) is 5.01 Å². The quantitative estimate of drug-likeness (QED) is 0.537. The minimum Gasteiger partial charge on any atom is -0.497 e.